The second kappa shape index (κ2) is 8.77. The maximum atomic E-state index is 13.5. The molecule has 1 aliphatic heterocycles. The first-order valence-corrected chi connectivity index (χ1v) is 11.1. The fraction of sp³-hybridized carbons (Fsp3) is 0.231. The number of carbonyl (C=O) groups excluding carboxylic acids is 1. The molecule has 0 radical (unpaired) electrons. The van der Waals surface area contributed by atoms with Crippen LogP contribution in [0, 0.1) is 0 Å². The Morgan fingerprint density at radius 2 is 1.88 bits per heavy atom. The van der Waals surface area contributed by atoms with Gasteiger partial charge in [0.1, 0.15) is 5.58 Å². The Balaban J connectivity index is 1.52. The molecule has 1 unspecified atom stereocenters. The van der Waals surface area contributed by atoms with Gasteiger partial charge in [-0.1, -0.05) is 54.1 Å². The Morgan fingerprint density at radius 3 is 2.72 bits per heavy atom. The van der Waals surface area contributed by atoms with Crippen molar-refractivity contribution in [2.75, 3.05) is 13.2 Å². The van der Waals surface area contributed by atoms with Gasteiger partial charge in [0.2, 0.25) is 0 Å². The van der Waals surface area contributed by atoms with E-state index in [9.17, 15) is 9.59 Å². The van der Waals surface area contributed by atoms with Crippen LogP contribution in [0.5, 0.6) is 0 Å². The molecule has 32 heavy (non-hydrogen) atoms. The van der Waals surface area contributed by atoms with Crippen molar-refractivity contribution in [3.05, 3.63) is 93.3 Å². The topological polar surface area (TPSA) is 59.8 Å². The predicted octanol–water partition coefficient (Wildman–Crippen LogP) is 5.42. The normalized spacial score (nSPS) is 16.0. The number of hydrogen-bond donors (Lipinski definition) is 0. The third-order valence-electron chi connectivity index (χ3n) is 5.88. The van der Waals surface area contributed by atoms with E-state index in [0.29, 0.717) is 35.7 Å². The highest BCUT2D eigenvalue weighted by Gasteiger charge is 2.26. The molecule has 2 heterocycles. The van der Waals surface area contributed by atoms with E-state index in [1.165, 1.54) is 6.07 Å². The van der Waals surface area contributed by atoms with Crippen LogP contribution in [0.3, 0.4) is 0 Å². The summed E-state index contributed by atoms with van der Waals surface area (Å²) in [6.07, 6.45) is 1.85. The van der Waals surface area contributed by atoms with E-state index in [0.717, 1.165) is 29.2 Å². The number of benzene rings is 3. The quantitative estimate of drug-likeness (QED) is 0.410. The summed E-state index contributed by atoms with van der Waals surface area (Å²) in [4.78, 5) is 27.9. The lowest BCUT2D eigenvalue weighted by atomic mass is 10.0. The van der Waals surface area contributed by atoms with Gasteiger partial charge in [0.25, 0.3) is 5.91 Å². The van der Waals surface area contributed by atoms with E-state index in [4.69, 9.17) is 20.8 Å². The van der Waals surface area contributed by atoms with Crippen LogP contribution in [-0.2, 0) is 11.3 Å². The number of hydrogen-bond acceptors (Lipinski definition) is 4. The summed E-state index contributed by atoms with van der Waals surface area (Å²) in [5.74, 6) is -0.314. The minimum atomic E-state index is -0.331. The smallest absolute Gasteiger partial charge is 0.290 e. The number of nitrogens with zero attached hydrogens (tertiary/aromatic N) is 1. The first-order chi connectivity index (χ1) is 15.6. The third kappa shape index (κ3) is 4.14. The van der Waals surface area contributed by atoms with E-state index < -0.39 is 0 Å². The molecule has 4 aromatic rings. The molecule has 1 aliphatic rings. The fourth-order valence-corrected chi connectivity index (χ4v) is 4.45. The fourth-order valence-electron chi connectivity index (χ4n) is 4.28. The first kappa shape index (κ1) is 20.7. The van der Waals surface area contributed by atoms with Crippen LogP contribution in [0.1, 0.15) is 29.0 Å². The van der Waals surface area contributed by atoms with Crippen LogP contribution in [0.15, 0.2) is 75.9 Å². The van der Waals surface area contributed by atoms with Gasteiger partial charge < -0.3 is 14.1 Å². The zero-order valence-corrected chi connectivity index (χ0v) is 18.2. The van der Waals surface area contributed by atoms with Crippen molar-refractivity contribution in [3.63, 3.8) is 0 Å². The van der Waals surface area contributed by atoms with Crippen LogP contribution in [0.25, 0.3) is 21.7 Å². The summed E-state index contributed by atoms with van der Waals surface area (Å²) in [6, 6.07) is 20.2. The highest BCUT2D eigenvalue weighted by atomic mass is 35.5. The van der Waals surface area contributed by atoms with Crippen molar-refractivity contribution >= 4 is 39.2 Å². The average Bonchev–Trinajstić information content (AvgIpc) is 3.32. The number of ether oxygens (including phenoxy) is 1. The molecule has 1 atom stereocenters. The average molecular weight is 448 g/mol. The summed E-state index contributed by atoms with van der Waals surface area (Å²) in [6.45, 7) is 1.53. The van der Waals surface area contributed by atoms with Gasteiger partial charge in [0, 0.05) is 30.8 Å². The van der Waals surface area contributed by atoms with Crippen LogP contribution < -0.4 is 5.43 Å². The molecule has 0 spiro atoms. The van der Waals surface area contributed by atoms with Gasteiger partial charge in [-0.2, -0.15) is 0 Å². The van der Waals surface area contributed by atoms with E-state index in [-0.39, 0.29) is 23.2 Å². The lowest BCUT2D eigenvalue weighted by Gasteiger charge is -2.25. The number of halogens is 1. The molecule has 5 rings (SSSR count). The van der Waals surface area contributed by atoms with Crippen molar-refractivity contribution < 1.29 is 13.9 Å². The predicted molar refractivity (Wildman–Crippen MR) is 125 cm³/mol. The van der Waals surface area contributed by atoms with E-state index in [1.807, 2.05) is 24.3 Å². The summed E-state index contributed by atoms with van der Waals surface area (Å²) >= 11 is 6.01. The number of rotatable bonds is 5. The van der Waals surface area contributed by atoms with Crippen molar-refractivity contribution in [1.29, 1.82) is 0 Å². The minimum Gasteiger partial charge on any atom is -0.451 e. The second-order valence-electron chi connectivity index (χ2n) is 8.07. The van der Waals surface area contributed by atoms with Crippen molar-refractivity contribution in [3.8, 4) is 0 Å². The lowest BCUT2D eigenvalue weighted by Crippen LogP contribution is -2.37. The van der Waals surface area contributed by atoms with Crippen molar-refractivity contribution in [2.45, 2.75) is 25.5 Å². The first-order valence-electron chi connectivity index (χ1n) is 10.7. The Bertz CT molecular complexity index is 1350. The standard InChI is InChI=1S/C26H22ClNO4/c27-19-10-11-24-22(13-19)23(29)14-25(32-24)26(30)28(16-20-8-4-12-31-20)15-18-7-3-6-17-5-1-2-9-21(17)18/h1-3,5-7,9-11,13-14,20H,4,8,12,15-16H2. The van der Waals surface area contributed by atoms with Crippen molar-refractivity contribution in [1.82, 2.24) is 4.90 Å². The Kier molecular flexibility index (Phi) is 5.68. The monoisotopic (exact) mass is 447 g/mol. The zero-order chi connectivity index (χ0) is 22.1. The Labute approximate surface area is 190 Å². The van der Waals surface area contributed by atoms with Gasteiger partial charge in [-0.3, -0.25) is 9.59 Å². The summed E-state index contributed by atoms with van der Waals surface area (Å²) in [5, 5.41) is 3.01. The molecule has 6 heteroatoms. The minimum absolute atomic E-state index is 0.0167. The van der Waals surface area contributed by atoms with Gasteiger partial charge >= 0.3 is 0 Å². The van der Waals surface area contributed by atoms with Crippen molar-refractivity contribution in [2.24, 2.45) is 0 Å². The maximum Gasteiger partial charge on any atom is 0.290 e. The molecule has 5 nitrogen and oxygen atoms in total. The van der Waals surface area contributed by atoms with Gasteiger partial charge in [-0.25, -0.2) is 0 Å². The summed E-state index contributed by atoms with van der Waals surface area (Å²) in [7, 11) is 0. The summed E-state index contributed by atoms with van der Waals surface area (Å²) in [5.41, 5.74) is 1.08. The molecule has 0 saturated carbocycles. The highest BCUT2D eigenvalue weighted by Crippen LogP contribution is 2.24. The van der Waals surface area contributed by atoms with Gasteiger partial charge in [0.15, 0.2) is 11.2 Å². The van der Waals surface area contributed by atoms with Gasteiger partial charge in [0.05, 0.1) is 11.5 Å². The highest BCUT2D eigenvalue weighted by molar-refractivity contribution is 6.31. The molecule has 0 bridgehead atoms. The summed E-state index contributed by atoms with van der Waals surface area (Å²) < 4.78 is 11.6. The molecular formula is C26H22ClNO4. The van der Waals surface area contributed by atoms with Crippen LogP contribution >= 0.6 is 11.6 Å². The SMILES string of the molecule is O=C(c1cc(=O)c2cc(Cl)ccc2o1)N(Cc1cccc2ccccc12)CC1CCCO1. The van der Waals surface area contributed by atoms with E-state index >= 15 is 0 Å². The van der Waals surface area contributed by atoms with E-state index in [2.05, 4.69) is 18.2 Å². The molecule has 1 fully saturated rings. The molecule has 162 valence electrons. The largest absolute Gasteiger partial charge is 0.451 e. The Hall–Kier alpha value is -3.15. The molecule has 3 aromatic carbocycles. The molecule has 1 aromatic heterocycles. The third-order valence-corrected chi connectivity index (χ3v) is 6.11. The number of carbonyl (C=O) groups is 1. The van der Waals surface area contributed by atoms with Gasteiger partial charge in [-0.05, 0) is 47.4 Å². The second-order valence-corrected chi connectivity index (χ2v) is 8.51. The molecule has 0 aliphatic carbocycles. The molecule has 1 amide bonds. The van der Waals surface area contributed by atoms with Crippen LogP contribution in [0.4, 0.5) is 0 Å². The molecule has 0 N–H and O–H groups in total. The van der Waals surface area contributed by atoms with Gasteiger partial charge in [-0.15, -0.1) is 0 Å². The van der Waals surface area contributed by atoms with Crippen LogP contribution in [0.2, 0.25) is 5.02 Å². The van der Waals surface area contributed by atoms with Crippen LogP contribution in [-0.4, -0.2) is 30.1 Å². The number of amides is 1. The maximum absolute atomic E-state index is 13.5. The zero-order valence-electron chi connectivity index (χ0n) is 17.4. The molecular weight excluding hydrogens is 426 g/mol. The van der Waals surface area contributed by atoms with E-state index in [1.54, 1.807) is 23.1 Å². The Morgan fingerprint density at radius 1 is 1.03 bits per heavy atom. The number of fused-ring (bicyclic) bond motifs is 2. The lowest BCUT2D eigenvalue weighted by molar-refractivity contribution is 0.0485. The molecule has 1 saturated heterocycles.